The highest BCUT2D eigenvalue weighted by Crippen LogP contribution is 2.24. The number of hydrogen-bond acceptors (Lipinski definition) is 3. The number of fused-ring (bicyclic) bond motifs is 1. The van der Waals surface area contributed by atoms with Crippen LogP contribution in [0.15, 0.2) is 47.3 Å². The van der Waals surface area contributed by atoms with Crippen LogP contribution in [0, 0.1) is 5.82 Å². The number of para-hydroxylation sites is 1. The zero-order chi connectivity index (χ0) is 15.0. The summed E-state index contributed by atoms with van der Waals surface area (Å²) in [6.45, 7) is 0. The van der Waals surface area contributed by atoms with Crippen LogP contribution in [0.4, 0.5) is 4.39 Å². The molecule has 0 fully saturated rings. The molecule has 1 heterocycles. The smallest absolute Gasteiger partial charge is 0.336 e. The molecule has 0 unspecified atom stereocenters. The lowest BCUT2D eigenvalue weighted by Crippen LogP contribution is -2.12. The number of H-pyrrole nitrogens is 1. The Hall–Kier alpha value is -3.02. The van der Waals surface area contributed by atoms with Crippen molar-refractivity contribution >= 4 is 16.9 Å². The Morgan fingerprint density at radius 1 is 1.14 bits per heavy atom. The van der Waals surface area contributed by atoms with E-state index in [1.807, 2.05) is 0 Å². The molecule has 0 spiro atoms. The van der Waals surface area contributed by atoms with Crippen molar-refractivity contribution in [1.82, 2.24) is 9.97 Å². The van der Waals surface area contributed by atoms with Crippen LogP contribution in [-0.4, -0.2) is 21.0 Å². The number of carboxylic acid groups (broad SMARTS) is 1. The Labute approximate surface area is 117 Å². The first kappa shape index (κ1) is 13.0. The third-order valence-electron chi connectivity index (χ3n) is 3.09. The average molecular weight is 284 g/mol. The number of carboxylic acids is 1. The summed E-state index contributed by atoms with van der Waals surface area (Å²) < 4.78 is 14.0. The van der Waals surface area contributed by atoms with Crippen LogP contribution in [0.2, 0.25) is 0 Å². The molecule has 6 heteroatoms. The van der Waals surface area contributed by atoms with Crippen LogP contribution < -0.4 is 5.56 Å². The van der Waals surface area contributed by atoms with Crippen molar-refractivity contribution in [2.75, 3.05) is 0 Å². The predicted molar refractivity (Wildman–Crippen MR) is 74.7 cm³/mol. The molecule has 0 radical (unpaired) electrons. The molecule has 1 aromatic heterocycles. The highest BCUT2D eigenvalue weighted by atomic mass is 19.1. The van der Waals surface area contributed by atoms with Gasteiger partial charge in [-0.25, -0.2) is 14.2 Å². The lowest BCUT2D eigenvalue weighted by Gasteiger charge is -2.07. The topological polar surface area (TPSA) is 83.0 Å². The van der Waals surface area contributed by atoms with Gasteiger partial charge in [0.15, 0.2) is 0 Å². The quantitative estimate of drug-likeness (QED) is 0.757. The number of carbonyl (C=O) groups is 1. The summed E-state index contributed by atoms with van der Waals surface area (Å²) in [5.74, 6) is -2.15. The predicted octanol–water partition coefficient (Wildman–Crippen LogP) is 2.43. The standard InChI is InChI=1S/C15H9FN2O3/c16-10-6-3-5-9(15(20)21)12(10)13-17-11-7-2-1-4-8(11)14(19)18-13/h1-7H,(H,20,21)(H,17,18,19). The van der Waals surface area contributed by atoms with Gasteiger partial charge in [0.05, 0.1) is 22.0 Å². The summed E-state index contributed by atoms with van der Waals surface area (Å²) in [5, 5.41) is 9.50. The maximum absolute atomic E-state index is 14.0. The van der Waals surface area contributed by atoms with Gasteiger partial charge in [0, 0.05) is 0 Å². The first-order valence-corrected chi connectivity index (χ1v) is 6.09. The molecular formula is C15H9FN2O3. The van der Waals surface area contributed by atoms with Gasteiger partial charge in [-0.15, -0.1) is 0 Å². The normalized spacial score (nSPS) is 10.7. The third kappa shape index (κ3) is 2.16. The van der Waals surface area contributed by atoms with E-state index in [1.165, 1.54) is 12.1 Å². The second-order valence-electron chi connectivity index (χ2n) is 4.40. The molecule has 0 aliphatic rings. The summed E-state index contributed by atoms with van der Waals surface area (Å²) in [5.41, 5.74) is -0.563. The second kappa shape index (κ2) is 4.82. The van der Waals surface area contributed by atoms with Crippen molar-refractivity contribution in [2.24, 2.45) is 0 Å². The molecule has 0 saturated heterocycles. The number of nitrogens with one attached hydrogen (secondary N) is 1. The van der Waals surface area contributed by atoms with Gasteiger partial charge in [-0.2, -0.15) is 0 Å². The van der Waals surface area contributed by atoms with Crippen molar-refractivity contribution < 1.29 is 14.3 Å². The molecule has 2 N–H and O–H groups in total. The third-order valence-corrected chi connectivity index (χ3v) is 3.09. The van der Waals surface area contributed by atoms with E-state index in [-0.39, 0.29) is 17.0 Å². The number of hydrogen-bond donors (Lipinski definition) is 2. The van der Waals surface area contributed by atoms with Crippen molar-refractivity contribution in [3.8, 4) is 11.4 Å². The minimum absolute atomic E-state index is 0.103. The van der Waals surface area contributed by atoms with Crippen LogP contribution in [0.25, 0.3) is 22.3 Å². The summed E-state index contributed by atoms with van der Waals surface area (Å²) in [6.07, 6.45) is 0. The molecule has 0 aliphatic heterocycles. The Bertz CT molecular complexity index is 918. The fourth-order valence-corrected chi connectivity index (χ4v) is 2.15. The van der Waals surface area contributed by atoms with Gasteiger partial charge in [0.25, 0.3) is 5.56 Å². The van der Waals surface area contributed by atoms with E-state index in [4.69, 9.17) is 5.11 Å². The number of aromatic nitrogens is 2. The highest BCUT2D eigenvalue weighted by Gasteiger charge is 2.18. The van der Waals surface area contributed by atoms with E-state index in [0.29, 0.717) is 10.9 Å². The van der Waals surface area contributed by atoms with E-state index in [0.717, 1.165) is 6.07 Å². The van der Waals surface area contributed by atoms with Crippen LogP contribution in [0.1, 0.15) is 10.4 Å². The van der Waals surface area contributed by atoms with Crippen molar-refractivity contribution in [1.29, 1.82) is 0 Å². The summed E-state index contributed by atoms with van der Waals surface area (Å²) in [6, 6.07) is 10.2. The van der Waals surface area contributed by atoms with Gasteiger partial charge in [-0.3, -0.25) is 4.79 Å². The fraction of sp³-hybridized carbons (Fsp3) is 0. The number of benzene rings is 2. The van der Waals surface area contributed by atoms with Crippen molar-refractivity contribution in [3.63, 3.8) is 0 Å². The minimum Gasteiger partial charge on any atom is -0.478 e. The number of halogens is 1. The molecule has 0 bridgehead atoms. The van der Waals surface area contributed by atoms with E-state index in [1.54, 1.807) is 24.3 Å². The molecule has 3 aromatic rings. The molecule has 2 aromatic carbocycles. The summed E-state index contributed by atoms with van der Waals surface area (Å²) in [7, 11) is 0. The molecule has 104 valence electrons. The second-order valence-corrected chi connectivity index (χ2v) is 4.40. The monoisotopic (exact) mass is 284 g/mol. The van der Waals surface area contributed by atoms with Crippen LogP contribution in [-0.2, 0) is 0 Å². The Kier molecular flexibility index (Phi) is 2.98. The molecule has 0 atom stereocenters. The average Bonchev–Trinajstić information content (AvgIpc) is 2.46. The van der Waals surface area contributed by atoms with E-state index < -0.39 is 17.3 Å². The zero-order valence-corrected chi connectivity index (χ0v) is 10.6. The van der Waals surface area contributed by atoms with Gasteiger partial charge >= 0.3 is 5.97 Å². The SMILES string of the molecule is O=C(O)c1cccc(F)c1-c1nc2ccccc2c(=O)[nH]1. The molecule has 0 saturated carbocycles. The molecule has 0 aliphatic carbocycles. The molecule has 21 heavy (non-hydrogen) atoms. The maximum Gasteiger partial charge on any atom is 0.336 e. The Balaban J connectivity index is 2.36. The number of aromatic carboxylic acids is 1. The minimum atomic E-state index is -1.29. The van der Waals surface area contributed by atoms with Gasteiger partial charge < -0.3 is 10.1 Å². The largest absolute Gasteiger partial charge is 0.478 e. The fourth-order valence-electron chi connectivity index (χ4n) is 2.15. The van der Waals surface area contributed by atoms with E-state index >= 15 is 0 Å². The number of aromatic amines is 1. The van der Waals surface area contributed by atoms with Crippen LogP contribution >= 0.6 is 0 Å². The molecule has 3 rings (SSSR count). The van der Waals surface area contributed by atoms with Crippen molar-refractivity contribution in [3.05, 3.63) is 64.2 Å². The maximum atomic E-state index is 14.0. The van der Waals surface area contributed by atoms with Gasteiger partial charge in [-0.05, 0) is 24.3 Å². The molecule has 5 nitrogen and oxygen atoms in total. The van der Waals surface area contributed by atoms with Gasteiger partial charge in [0.1, 0.15) is 11.6 Å². The summed E-state index contributed by atoms with van der Waals surface area (Å²) >= 11 is 0. The molecular weight excluding hydrogens is 275 g/mol. The van der Waals surface area contributed by atoms with Gasteiger partial charge in [0.2, 0.25) is 0 Å². The first-order chi connectivity index (χ1) is 10.1. The molecule has 0 amide bonds. The van der Waals surface area contributed by atoms with Gasteiger partial charge in [-0.1, -0.05) is 18.2 Å². The Morgan fingerprint density at radius 3 is 2.67 bits per heavy atom. The number of nitrogens with zero attached hydrogens (tertiary/aromatic N) is 1. The lowest BCUT2D eigenvalue weighted by molar-refractivity contribution is 0.0697. The number of rotatable bonds is 2. The van der Waals surface area contributed by atoms with E-state index in [9.17, 15) is 14.0 Å². The van der Waals surface area contributed by atoms with Crippen LogP contribution in [0.3, 0.4) is 0 Å². The Morgan fingerprint density at radius 2 is 1.90 bits per heavy atom. The highest BCUT2D eigenvalue weighted by molar-refractivity contribution is 5.95. The van der Waals surface area contributed by atoms with E-state index in [2.05, 4.69) is 9.97 Å². The lowest BCUT2D eigenvalue weighted by atomic mass is 10.1. The summed E-state index contributed by atoms with van der Waals surface area (Å²) in [4.78, 5) is 29.8. The first-order valence-electron chi connectivity index (χ1n) is 6.09. The zero-order valence-electron chi connectivity index (χ0n) is 10.6. The van der Waals surface area contributed by atoms with Crippen molar-refractivity contribution in [2.45, 2.75) is 0 Å². The van der Waals surface area contributed by atoms with Crippen LogP contribution in [0.5, 0.6) is 0 Å².